The van der Waals surface area contributed by atoms with Gasteiger partial charge in [-0.25, -0.2) is 13.1 Å². The predicted octanol–water partition coefficient (Wildman–Crippen LogP) is 1.76. The number of nitrogens with one attached hydrogen (secondary N) is 3. The Balaban J connectivity index is 2.40. The molecule has 0 aromatic carbocycles. The molecule has 0 radical (unpaired) electrons. The molecule has 0 aliphatic carbocycles. The van der Waals surface area contributed by atoms with Crippen LogP contribution in [0.1, 0.15) is 16.2 Å². The van der Waals surface area contributed by atoms with E-state index in [1.807, 2.05) is 6.92 Å². The lowest BCUT2D eigenvalue weighted by Crippen LogP contribution is -2.42. The van der Waals surface area contributed by atoms with E-state index in [9.17, 15) is 21.6 Å². The molecule has 1 aromatic rings. The molecule has 138 valence electrons. The second-order valence-corrected chi connectivity index (χ2v) is 8.16. The molecule has 0 fully saturated rings. The third-order valence-electron chi connectivity index (χ3n) is 2.92. The molecule has 0 unspecified atom stereocenters. The monoisotopic (exact) mass is 386 g/mol. The molecule has 6 nitrogen and oxygen atoms in total. The van der Waals surface area contributed by atoms with Crippen molar-refractivity contribution in [2.24, 2.45) is 4.99 Å². The van der Waals surface area contributed by atoms with Crippen LogP contribution in [0.4, 0.5) is 13.2 Å². The van der Waals surface area contributed by atoms with Gasteiger partial charge < -0.3 is 10.6 Å². The molecule has 1 rings (SSSR count). The largest absolute Gasteiger partial charge is 0.390 e. The number of sulfonamides is 1. The minimum Gasteiger partial charge on any atom is -0.356 e. The lowest BCUT2D eigenvalue weighted by molar-refractivity contribution is -0.132. The summed E-state index contributed by atoms with van der Waals surface area (Å²) >= 11 is 1.40. The molecular formula is C13H21F3N4O2S2. The van der Waals surface area contributed by atoms with E-state index in [0.29, 0.717) is 4.88 Å². The average molecular weight is 386 g/mol. The molecule has 0 saturated heterocycles. The Kier molecular flexibility index (Phi) is 7.49. The number of thiophene rings is 1. The van der Waals surface area contributed by atoms with Crippen molar-refractivity contribution in [1.29, 1.82) is 0 Å². The fourth-order valence-electron chi connectivity index (χ4n) is 1.86. The molecular weight excluding hydrogens is 365 g/mol. The van der Waals surface area contributed by atoms with Crippen LogP contribution >= 0.6 is 11.3 Å². The molecule has 1 aromatic heterocycles. The Morgan fingerprint density at radius 3 is 2.33 bits per heavy atom. The standard InChI is InChI=1S/C13H21F3N4O2S2/c1-9-8-11(10(2)23-9)24(21,22)20-7-6-19-12(17-3)18-5-4-13(14,15)16/h8,20H,4-7H2,1-3H3,(H2,17,18,19). The SMILES string of the molecule is CN=C(NCCNS(=O)(=O)c1cc(C)sc1C)NCCC(F)(F)F. The summed E-state index contributed by atoms with van der Waals surface area (Å²) in [5.41, 5.74) is 0. The van der Waals surface area contributed by atoms with Crippen LogP contribution in [0.15, 0.2) is 16.0 Å². The number of hydrogen-bond donors (Lipinski definition) is 3. The summed E-state index contributed by atoms with van der Waals surface area (Å²) in [5.74, 6) is 0.181. The summed E-state index contributed by atoms with van der Waals surface area (Å²) in [5, 5.41) is 5.26. The maximum absolute atomic E-state index is 12.2. The second kappa shape index (κ2) is 8.67. The second-order valence-electron chi connectivity index (χ2n) is 4.97. The van der Waals surface area contributed by atoms with E-state index in [0.717, 1.165) is 4.88 Å². The van der Waals surface area contributed by atoms with Gasteiger partial charge in [-0.15, -0.1) is 11.3 Å². The first-order valence-electron chi connectivity index (χ1n) is 7.13. The first-order chi connectivity index (χ1) is 11.0. The summed E-state index contributed by atoms with van der Waals surface area (Å²) in [6, 6.07) is 1.60. The first kappa shape index (κ1) is 20.7. The van der Waals surface area contributed by atoms with E-state index in [2.05, 4.69) is 20.3 Å². The Hall–Kier alpha value is -1.33. The van der Waals surface area contributed by atoms with Crippen LogP contribution in [-0.4, -0.2) is 47.2 Å². The summed E-state index contributed by atoms with van der Waals surface area (Å²) in [6.07, 6.45) is -5.21. The minimum absolute atomic E-state index is 0.0800. The van der Waals surface area contributed by atoms with Gasteiger partial charge in [-0.1, -0.05) is 0 Å². The zero-order valence-corrected chi connectivity index (χ0v) is 15.3. The van der Waals surface area contributed by atoms with Gasteiger partial charge in [0.1, 0.15) is 0 Å². The van der Waals surface area contributed by atoms with E-state index < -0.39 is 22.6 Å². The third-order valence-corrected chi connectivity index (χ3v) is 5.60. The van der Waals surface area contributed by atoms with Gasteiger partial charge in [0.05, 0.1) is 11.3 Å². The van der Waals surface area contributed by atoms with Crippen LogP contribution in [0.25, 0.3) is 0 Å². The summed E-state index contributed by atoms with van der Waals surface area (Å²) in [6.45, 7) is 3.53. The number of alkyl halides is 3. The van der Waals surface area contributed by atoms with Crippen LogP contribution in [0.3, 0.4) is 0 Å². The van der Waals surface area contributed by atoms with Crippen molar-refractivity contribution >= 4 is 27.3 Å². The Bertz CT molecular complexity index is 669. The van der Waals surface area contributed by atoms with E-state index in [1.54, 1.807) is 13.0 Å². The zero-order valence-electron chi connectivity index (χ0n) is 13.6. The normalized spacial score (nSPS) is 13.2. The fourth-order valence-corrected chi connectivity index (χ4v) is 4.45. The highest BCUT2D eigenvalue weighted by Gasteiger charge is 2.26. The summed E-state index contributed by atoms with van der Waals surface area (Å²) < 4.78 is 63.0. The van der Waals surface area contributed by atoms with Gasteiger partial charge in [0, 0.05) is 36.4 Å². The smallest absolute Gasteiger partial charge is 0.356 e. The van der Waals surface area contributed by atoms with Gasteiger partial charge in [0.15, 0.2) is 5.96 Å². The van der Waals surface area contributed by atoms with Crippen molar-refractivity contribution < 1.29 is 21.6 Å². The zero-order chi connectivity index (χ0) is 18.4. The van der Waals surface area contributed by atoms with E-state index in [1.165, 1.54) is 18.4 Å². The highest BCUT2D eigenvalue weighted by molar-refractivity contribution is 7.89. The average Bonchev–Trinajstić information content (AvgIpc) is 2.80. The molecule has 0 saturated carbocycles. The summed E-state index contributed by atoms with van der Waals surface area (Å²) in [7, 11) is -2.18. The molecule has 3 N–H and O–H groups in total. The van der Waals surface area contributed by atoms with Crippen molar-refractivity contribution in [2.45, 2.75) is 31.3 Å². The fraction of sp³-hybridized carbons (Fsp3) is 0.615. The van der Waals surface area contributed by atoms with Crippen molar-refractivity contribution in [3.63, 3.8) is 0 Å². The number of nitrogens with zero attached hydrogens (tertiary/aromatic N) is 1. The van der Waals surface area contributed by atoms with Crippen molar-refractivity contribution in [2.75, 3.05) is 26.7 Å². The molecule has 1 heterocycles. The lowest BCUT2D eigenvalue weighted by atomic mass is 10.4. The van der Waals surface area contributed by atoms with Crippen LogP contribution < -0.4 is 15.4 Å². The van der Waals surface area contributed by atoms with Crippen LogP contribution in [-0.2, 0) is 10.0 Å². The van der Waals surface area contributed by atoms with E-state index >= 15 is 0 Å². The van der Waals surface area contributed by atoms with Gasteiger partial charge >= 0.3 is 6.18 Å². The number of aliphatic imine (C=N–C) groups is 1. The number of rotatable bonds is 7. The van der Waals surface area contributed by atoms with Crippen molar-refractivity contribution in [1.82, 2.24) is 15.4 Å². The van der Waals surface area contributed by atoms with Crippen LogP contribution in [0, 0.1) is 13.8 Å². The van der Waals surface area contributed by atoms with Gasteiger partial charge in [-0.05, 0) is 19.9 Å². The lowest BCUT2D eigenvalue weighted by Gasteiger charge is -2.13. The van der Waals surface area contributed by atoms with Crippen LogP contribution in [0.2, 0.25) is 0 Å². The predicted molar refractivity (Wildman–Crippen MR) is 89.0 cm³/mol. The maximum atomic E-state index is 12.2. The van der Waals surface area contributed by atoms with E-state index in [-0.39, 0.29) is 30.5 Å². The molecule has 11 heteroatoms. The molecule has 0 aliphatic rings. The number of halogens is 3. The Labute approximate surface area is 143 Å². The van der Waals surface area contributed by atoms with Gasteiger partial charge in [0.25, 0.3) is 0 Å². The summed E-state index contributed by atoms with van der Waals surface area (Å²) in [4.78, 5) is 5.63. The molecule has 0 atom stereocenters. The van der Waals surface area contributed by atoms with E-state index in [4.69, 9.17) is 0 Å². The van der Waals surface area contributed by atoms with Gasteiger partial charge in [-0.2, -0.15) is 13.2 Å². The first-order valence-corrected chi connectivity index (χ1v) is 9.43. The highest BCUT2D eigenvalue weighted by atomic mass is 32.2. The van der Waals surface area contributed by atoms with Gasteiger partial charge in [0.2, 0.25) is 10.0 Å². The Morgan fingerprint density at radius 1 is 1.21 bits per heavy atom. The molecule has 0 spiro atoms. The molecule has 24 heavy (non-hydrogen) atoms. The quantitative estimate of drug-likeness (QED) is 0.379. The molecule has 0 bridgehead atoms. The maximum Gasteiger partial charge on any atom is 0.390 e. The topological polar surface area (TPSA) is 82.6 Å². The minimum atomic E-state index is -4.24. The molecule has 0 aliphatic heterocycles. The number of guanidine groups is 1. The van der Waals surface area contributed by atoms with Crippen molar-refractivity contribution in [3.8, 4) is 0 Å². The highest BCUT2D eigenvalue weighted by Crippen LogP contribution is 2.24. The van der Waals surface area contributed by atoms with Crippen LogP contribution in [0.5, 0.6) is 0 Å². The molecule has 0 amide bonds. The third kappa shape index (κ3) is 7.05. The Morgan fingerprint density at radius 2 is 1.83 bits per heavy atom. The van der Waals surface area contributed by atoms with Crippen molar-refractivity contribution in [3.05, 3.63) is 15.8 Å². The number of hydrogen-bond acceptors (Lipinski definition) is 4. The van der Waals surface area contributed by atoms with Gasteiger partial charge in [-0.3, -0.25) is 4.99 Å². The number of aryl methyl sites for hydroxylation is 2.